The summed E-state index contributed by atoms with van der Waals surface area (Å²) in [4.78, 5) is 4.35. The maximum absolute atomic E-state index is 6.19. The number of hydrogen-bond acceptors (Lipinski definition) is 2. The second-order valence-electron chi connectivity index (χ2n) is 4.45. The van der Waals surface area contributed by atoms with E-state index in [-0.39, 0.29) is 0 Å². The first-order chi connectivity index (χ1) is 8.13. The minimum absolute atomic E-state index is 0.465. The van der Waals surface area contributed by atoms with Crippen LogP contribution in [0.15, 0.2) is 24.4 Å². The quantitative estimate of drug-likeness (QED) is 0.815. The molecular weight excluding hydrogens is 234 g/mol. The van der Waals surface area contributed by atoms with E-state index in [2.05, 4.69) is 31.0 Å². The van der Waals surface area contributed by atoms with Gasteiger partial charge in [0, 0.05) is 23.7 Å². The van der Waals surface area contributed by atoms with Gasteiger partial charge in [0.2, 0.25) is 0 Å². The summed E-state index contributed by atoms with van der Waals surface area (Å²) in [6.45, 7) is 4.89. The average Bonchev–Trinajstić information content (AvgIpc) is 2.29. The van der Waals surface area contributed by atoms with Gasteiger partial charge in [-0.25, -0.2) is 0 Å². The van der Waals surface area contributed by atoms with Crippen LogP contribution in [0.4, 0.5) is 0 Å². The second-order valence-corrected chi connectivity index (χ2v) is 4.85. The van der Waals surface area contributed by atoms with Crippen molar-refractivity contribution in [3.63, 3.8) is 0 Å². The molecule has 2 rings (SSSR count). The van der Waals surface area contributed by atoms with Crippen molar-refractivity contribution in [2.75, 3.05) is 7.11 Å². The zero-order valence-corrected chi connectivity index (χ0v) is 11.1. The van der Waals surface area contributed by atoms with Crippen LogP contribution in [0.2, 0.25) is 5.02 Å². The van der Waals surface area contributed by atoms with Gasteiger partial charge in [-0.3, -0.25) is 4.98 Å². The molecule has 0 radical (unpaired) electrons. The number of hydrogen-bond donors (Lipinski definition) is 0. The molecule has 0 saturated carbocycles. The first kappa shape index (κ1) is 12.3. The standard InChI is InChI=1S/C14H16ClNO/c1-9(2)11-4-5-14(15)13-7-16-10(8-17-3)6-12(11)13/h4-7,9H,8H2,1-3H3. The van der Waals surface area contributed by atoms with Gasteiger partial charge < -0.3 is 4.74 Å². The van der Waals surface area contributed by atoms with Gasteiger partial charge in [-0.05, 0) is 29.0 Å². The number of benzene rings is 1. The summed E-state index contributed by atoms with van der Waals surface area (Å²) < 4.78 is 5.11. The van der Waals surface area contributed by atoms with Crippen LogP contribution in [0.3, 0.4) is 0 Å². The smallest absolute Gasteiger partial charge is 0.0884 e. The molecule has 0 saturated heterocycles. The number of nitrogens with zero attached hydrogens (tertiary/aromatic N) is 1. The highest BCUT2D eigenvalue weighted by Crippen LogP contribution is 2.30. The fourth-order valence-electron chi connectivity index (χ4n) is 2.00. The normalized spacial score (nSPS) is 11.4. The van der Waals surface area contributed by atoms with Gasteiger partial charge in [-0.1, -0.05) is 31.5 Å². The Balaban J connectivity index is 2.67. The van der Waals surface area contributed by atoms with E-state index >= 15 is 0 Å². The molecule has 17 heavy (non-hydrogen) atoms. The lowest BCUT2D eigenvalue weighted by Gasteiger charge is -2.12. The van der Waals surface area contributed by atoms with Crippen molar-refractivity contribution in [3.05, 3.63) is 40.7 Å². The molecule has 0 aliphatic rings. The molecule has 90 valence electrons. The molecule has 1 aromatic carbocycles. The van der Waals surface area contributed by atoms with E-state index in [9.17, 15) is 0 Å². The number of ether oxygens (including phenoxy) is 1. The molecule has 3 heteroatoms. The highest BCUT2D eigenvalue weighted by Gasteiger charge is 2.09. The molecule has 0 fully saturated rings. The Hall–Kier alpha value is -1.12. The number of pyridine rings is 1. The maximum atomic E-state index is 6.19. The predicted octanol–water partition coefficient (Wildman–Crippen LogP) is 4.16. The van der Waals surface area contributed by atoms with Crippen LogP contribution in [-0.2, 0) is 11.3 Å². The molecule has 0 aliphatic carbocycles. The zero-order chi connectivity index (χ0) is 12.4. The second kappa shape index (κ2) is 5.03. The van der Waals surface area contributed by atoms with Crippen LogP contribution in [0.1, 0.15) is 31.0 Å². The van der Waals surface area contributed by atoms with Crippen molar-refractivity contribution in [2.45, 2.75) is 26.4 Å². The number of methoxy groups -OCH3 is 1. The van der Waals surface area contributed by atoms with E-state index in [1.165, 1.54) is 10.9 Å². The summed E-state index contributed by atoms with van der Waals surface area (Å²) in [5, 5.41) is 2.94. The molecule has 1 aromatic heterocycles. The Kier molecular flexibility index (Phi) is 3.65. The van der Waals surface area contributed by atoms with Gasteiger partial charge in [0.1, 0.15) is 0 Å². The molecule has 0 atom stereocenters. The molecule has 0 spiro atoms. The van der Waals surface area contributed by atoms with Crippen LogP contribution in [0.5, 0.6) is 0 Å². The van der Waals surface area contributed by atoms with Crippen LogP contribution in [0, 0.1) is 0 Å². The Labute approximate surface area is 107 Å². The summed E-state index contributed by atoms with van der Waals surface area (Å²) >= 11 is 6.19. The van der Waals surface area contributed by atoms with E-state index in [1.807, 2.05) is 12.3 Å². The third-order valence-electron chi connectivity index (χ3n) is 2.85. The largest absolute Gasteiger partial charge is 0.378 e. The summed E-state index contributed by atoms with van der Waals surface area (Å²) in [7, 11) is 1.67. The number of fused-ring (bicyclic) bond motifs is 1. The lowest BCUT2D eigenvalue weighted by atomic mass is 9.96. The van der Waals surface area contributed by atoms with Crippen LogP contribution >= 0.6 is 11.6 Å². The molecule has 2 nitrogen and oxygen atoms in total. The van der Waals surface area contributed by atoms with Gasteiger partial charge in [0.25, 0.3) is 0 Å². The molecule has 0 aliphatic heterocycles. The van der Waals surface area contributed by atoms with Crippen LogP contribution in [-0.4, -0.2) is 12.1 Å². The van der Waals surface area contributed by atoms with E-state index in [1.54, 1.807) is 7.11 Å². The lowest BCUT2D eigenvalue weighted by molar-refractivity contribution is 0.181. The van der Waals surface area contributed by atoms with E-state index in [0.717, 1.165) is 16.1 Å². The fourth-order valence-corrected chi connectivity index (χ4v) is 2.21. The number of rotatable bonds is 3. The molecule has 2 aromatic rings. The minimum atomic E-state index is 0.465. The third-order valence-corrected chi connectivity index (χ3v) is 3.18. The Morgan fingerprint density at radius 2 is 2.06 bits per heavy atom. The Morgan fingerprint density at radius 3 is 2.71 bits per heavy atom. The number of halogens is 1. The topological polar surface area (TPSA) is 22.1 Å². The van der Waals surface area contributed by atoms with Gasteiger partial charge in [-0.2, -0.15) is 0 Å². The van der Waals surface area contributed by atoms with E-state index < -0.39 is 0 Å². The molecule has 1 heterocycles. The van der Waals surface area contributed by atoms with Crippen LogP contribution < -0.4 is 0 Å². The summed E-state index contributed by atoms with van der Waals surface area (Å²) in [5.74, 6) is 0.465. The minimum Gasteiger partial charge on any atom is -0.378 e. The van der Waals surface area contributed by atoms with Gasteiger partial charge in [0.05, 0.1) is 12.3 Å². The van der Waals surface area contributed by atoms with Crippen molar-refractivity contribution in [3.8, 4) is 0 Å². The summed E-state index contributed by atoms with van der Waals surface area (Å²) in [6.07, 6.45) is 1.83. The van der Waals surface area contributed by atoms with Crippen LogP contribution in [0.25, 0.3) is 10.8 Å². The van der Waals surface area contributed by atoms with Crippen molar-refractivity contribution < 1.29 is 4.74 Å². The van der Waals surface area contributed by atoms with Crippen molar-refractivity contribution in [1.82, 2.24) is 4.98 Å². The summed E-state index contributed by atoms with van der Waals surface area (Å²) in [5.41, 5.74) is 2.23. The highest BCUT2D eigenvalue weighted by molar-refractivity contribution is 6.35. The predicted molar refractivity (Wildman–Crippen MR) is 71.6 cm³/mol. The van der Waals surface area contributed by atoms with E-state index in [0.29, 0.717) is 12.5 Å². The lowest BCUT2D eigenvalue weighted by Crippen LogP contribution is -1.95. The molecule has 0 N–H and O–H groups in total. The van der Waals surface area contributed by atoms with Crippen molar-refractivity contribution in [2.24, 2.45) is 0 Å². The van der Waals surface area contributed by atoms with Gasteiger partial charge in [0.15, 0.2) is 0 Å². The highest BCUT2D eigenvalue weighted by atomic mass is 35.5. The monoisotopic (exact) mass is 249 g/mol. The SMILES string of the molecule is COCc1cc2c(C(C)C)ccc(Cl)c2cn1. The zero-order valence-electron chi connectivity index (χ0n) is 10.3. The Bertz CT molecular complexity index is 537. The first-order valence-electron chi connectivity index (χ1n) is 5.69. The third kappa shape index (κ3) is 2.43. The average molecular weight is 250 g/mol. The van der Waals surface area contributed by atoms with Crippen molar-refractivity contribution >= 4 is 22.4 Å². The molecule has 0 amide bonds. The van der Waals surface area contributed by atoms with Gasteiger partial charge >= 0.3 is 0 Å². The molecule has 0 bridgehead atoms. The van der Waals surface area contributed by atoms with E-state index in [4.69, 9.17) is 16.3 Å². The number of aromatic nitrogens is 1. The van der Waals surface area contributed by atoms with Crippen molar-refractivity contribution in [1.29, 1.82) is 0 Å². The fraction of sp³-hybridized carbons (Fsp3) is 0.357. The molecule has 0 unspecified atom stereocenters. The molecular formula is C14H16ClNO. The first-order valence-corrected chi connectivity index (χ1v) is 6.07. The van der Waals surface area contributed by atoms with Gasteiger partial charge in [-0.15, -0.1) is 0 Å². The Morgan fingerprint density at radius 1 is 1.29 bits per heavy atom. The summed E-state index contributed by atoms with van der Waals surface area (Å²) in [6, 6.07) is 6.10. The maximum Gasteiger partial charge on any atom is 0.0884 e.